The molecule has 10 aliphatic carbocycles. The number of rotatable bonds is 9. The summed E-state index contributed by atoms with van der Waals surface area (Å²) in [7, 11) is 3.68. The first kappa shape index (κ1) is 44.1. The van der Waals surface area contributed by atoms with Crippen molar-refractivity contribution < 1.29 is 39.4 Å². The van der Waals surface area contributed by atoms with Crippen molar-refractivity contribution >= 4 is 0 Å². The molecule has 10 fully saturated rings. The number of methoxy groups -OCH3 is 2. The predicted octanol–water partition coefficient (Wildman–Crippen LogP) is 8.81. The Morgan fingerprint density at radius 1 is 0.588 bits per heavy atom. The van der Waals surface area contributed by atoms with Gasteiger partial charge in [0.15, 0.2) is 23.0 Å². The summed E-state index contributed by atoms with van der Waals surface area (Å²) in [6, 6.07) is 5.00. The molecule has 4 unspecified atom stereocenters. The first-order valence-electron chi connectivity index (χ1n) is 27.2. The average Bonchev–Trinajstić information content (AvgIpc) is 4.22. The van der Waals surface area contributed by atoms with Crippen molar-refractivity contribution in [2.75, 3.05) is 40.4 Å². The number of phenols is 2. The van der Waals surface area contributed by atoms with Crippen molar-refractivity contribution in [3.05, 3.63) is 34.4 Å². The van der Waals surface area contributed by atoms with E-state index in [9.17, 15) is 20.4 Å². The molecule has 2 aromatic rings. The van der Waals surface area contributed by atoms with E-state index in [1.54, 1.807) is 0 Å². The molecule has 0 radical (unpaired) electrons. The van der Waals surface area contributed by atoms with E-state index in [-0.39, 0.29) is 69.3 Å². The second-order valence-corrected chi connectivity index (χ2v) is 28.0. The lowest BCUT2D eigenvalue weighted by Crippen LogP contribution is -2.83. The van der Waals surface area contributed by atoms with Crippen LogP contribution in [0.25, 0.3) is 11.1 Å². The molecule has 8 saturated carbocycles. The summed E-state index contributed by atoms with van der Waals surface area (Å²) in [4.78, 5) is 5.67. The highest BCUT2D eigenvalue weighted by Crippen LogP contribution is 2.81. The Morgan fingerprint density at radius 2 is 0.971 bits per heavy atom. The molecule has 8 bridgehead atoms. The Kier molecular flexibility index (Phi) is 8.40. The lowest BCUT2D eigenvalue weighted by Gasteiger charge is -2.75. The Balaban J connectivity index is 0.957. The van der Waals surface area contributed by atoms with Crippen LogP contribution in [0.15, 0.2) is 12.1 Å². The van der Waals surface area contributed by atoms with E-state index in [0.717, 1.165) is 102 Å². The number of fused-ring (bicyclic) bond motifs is 4. The number of phenolic OH excluding ortho intramolecular Hbond substituents is 2. The fourth-order valence-corrected chi connectivity index (χ4v) is 19.7. The summed E-state index contributed by atoms with van der Waals surface area (Å²) >= 11 is 0. The Bertz CT molecular complexity index is 2380. The van der Waals surface area contributed by atoms with Gasteiger partial charge in [-0.1, -0.05) is 41.5 Å². The van der Waals surface area contributed by atoms with Gasteiger partial charge in [0.05, 0.1) is 11.2 Å². The molecule has 0 aromatic heterocycles. The quantitative estimate of drug-likeness (QED) is 0.194. The topological polar surface area (TPSA) is 124 Å². The number of hydrogen-bond donors (Lipinski definition) is 4. The molecule has 4 aliphatic heterocycles. The largest absolute Gasteiger partial charge is 0.504 e. The Labute approximate surface area is 404 Å². The zero-order chi connectivity index (χ0) is 47.5. The fourth-order valence-electron chi connectivity index (χ4n) is 19.7. The minimum atomic E-state index is -1.04. The second kappa shape index (κ2) is 12.9. The molecule has 2 aromatic carbocycles. The van der Waals surface area contributed by atoms with Gasteiger partial charge in [0, 0.05) is 95.1 Å². The molecule has 10 nitrogen and oxygen atoms in total. The van der Waals surface area contributed by atoms with Crippen LogP contribution in [0.4, 0.5) is 0 Å². The molecule has 14 atom stereocenters. The van der Waals surface area contributed by atoms with Crippen LogP contribution in [0.3, 0.4) is 0 Å². The molecular formula is C58H80N2O8. The third kappa shape index (κ3) is 4.69. The van der Waals surface area contributed by atoms with Crippen LogP contribution in [0.1, 0.15) is 155 Å². The van der Waals surface area contributed by atoms with Crippen molar-refractivity contribution in [3.8, 4) is 34.1 Å². The number of benzene rings is 2. The van der Waals surface area contributed by atoms with Crippen molar-refractivity contribution in [3.63, 3.8) is 0 Å². The molecule has 4 spiro atoms. The van der Waals surface area contributed by atoms with Gasteiger partial charge in [0.25, 0.3) is 0 Å². The van der Waals surface area contributed by atoms with Crippen molar-refractivity contribution in [1.82, 2.24) is 9.80 Å². The zero-order valence-corrected chi connectivity index (χ0v) is 42.8. The van der Waals surface area contributed by atoms with E-state index in [1.807, 2.05) is 28.1 Å². The number of aliphatic hydroxyl groups is 2. The minimum Gasteiger partial charge on any atom is -0.504 e. The summed E-state index contributed by atoms with van der Waals surface area (Å²) in [5.74, 6) is 2.48. The Morgan fingerprint density at radius 3 is 1.31 bits per heavy atom. The number of ether oxygens (including phenoxy) is 4. The lowest BCUT2D eigenvalue weighted by molar-refractivity contribution is -0.312. The average molecular weight is 933 g/mol. The molecule has 0 amide bonds. The summed E-state index contributed by atoms with van der Waals surface area (Å²) in [6.07, 6.45) is 13.4. The SMILES string of the molecule is COC12CCC3(C[C@@H]1C(C)(O)C(C)(C)C)[C@H]1Cc4cc(-c5cc6c7c(c5O)O[C@H]5[C@@]8(OC)CC[C@@]9(C[C@@H]8C(C)(O)C(C)(C)C)[C@@H](C6)N(CC6CC6)CC[C@]759)c(O)c5c4[C@@]3(CCN1CC1CC1)[C@H]2O5. The van der Waals surface area contributed by atoms with Crippen molar-refractivity contribution in [2.24, 2.45) is 45.3 Å². The third-order valence-electron chi connectivity index (χ3n) is 24.2. The van der Waals surface area contributed by atoms with E-state index >= 15 is 0 Å². The fraction of sp³-hybridized carbons (Fsp3) is 0.793. The summed E-state index contributed by atoms with van der Waals surface area (Å²) in [5.41, 5.74) is 0.598. The smallest absolute Gasteiger partial charge is 0.166 e. The summed E-state index contributed by atoms with van der Waals surface area (Å²) in [5, 5.41) is 51.9. The number of aromatic hydroxyl groups is 2. The van der Waals surface area contributed by atoms with Gasteiger partial charge in [-0.25, -0.2) is 0 Å². The van der Waals surface area contributed by atoms with E-state index in [0.29, 0.717) is 22.6 Å². The normalized spacial score (nSPS) is 44.2. The van der Waals surface area contributed by atoms with Gasteiger partial charge in [0.1, 0.15) is 23.4 Å². The van der Waals surface area contributed by atoms with E-state index in [1.165, 1.54) is 47.9 Å². The lowest BCUT2D eigenvalue weighted by atomic mass is 9.33. The second-order valence-electron chi connectivity index (χ2n) is 28.0. The van der Waals surface area contributed by atoms with Crippen LogP contribution in [-0.2, 0) is 33.1 Å². The minimum absolute atomic E-state index is 0.0971. The molecule has 2 saturated heterocycles. The van der Waals surface area contributed by atoms with Crippen LogP contribution < -0.4 is 9.47 Å². The first-order chi connectivity index (χ1) is 32.0. The van der Waals surface area contributed by atoms with Gasteiger partial charge in [0.2, 0.25) is 0 Å². The standard InChI is InChI=1S/C58H80N2O8/c1-49(2,3)51(7,63)37-27-53-15-17-57(37,65-9)47-55(53)19-21-59(29-31-11-12-31)39(53)25-33-23-35(43(61)45(67-47)41(33)55)36-24-34-26-40-54-16-18-58(66-10,38(28-54)52(8,64)50(4,5)6)48-56(54,42(34)46(68-48)44(36)62)20-22-60(40)30-32-13-14-32/h23-24,31-32,37-40,47-48,61-64H,11-22,25-30H2,1-10H3/t37-,38-,39-,40-,47-,48-,51?,52?,53-,54?,55+,56+,57-,58?/m1/s1. The molecule has 4 N–H and O–H groups in total. The molecule has 68 heavy (non-hydrogen) atoms. The van der Waals surface area contributed by atoms with Gasteiger partial charge in [-0.2, -0.15) is 0 Å². The molecule has 14 aliphatic rings. The molecule has 16 rings (SSSR count). The highest BCUT2D eigenvalue weighted by Gasteiger charge is 2.84. The number of nitrogens with zero attached hydrogens (tertiary/aromatic N) is 2. The van der Waals surface area contributed by atoms with Crippen LogP contribution in [0, 0.1) is 45.3 Å². The number of hydrogen-bond acceptors (Lipinski definition) is 10. The van der Waals surface area contributed by atoms with Crippen LogP contribution in [-0.4, -0.2) is 117 Å². The third-order valence-corrected chi connectivity index (χ3v) is 24.2. The van der Waals surface area contributed by atoms with E-state index < -0.39 is 33.2 Å². The maximum Gasteiger partial charge on any atom is 0.166 e. The van der Waals surface area contributed by atoms with Gasteiger partial charge in [-0.3, -0.25) is 9.80 Å². The van der Waals surface area contributed by atoms with Crippen LogP contribution >= 0.6 is 0 Å². The monoisotopic (exact) mass is 933 g/mol. The van der Waals surface area contributed by atoms with Crippen LogP contribution in [0.5, 0.6) is 23.0 Å². The van der Waals surface area contributed by atoms with E-state index in [4.69, 9.17) is 18.9 Å². The van der Waals surface area contributed by atoms with Crippen molar-refractivity contribution in [1.29, 1.82) is 0 Å². The highest BCUT2D eigenvalue weighted by atomic mass is 16.6. The molecule has 10 heteroatoms. The van der Waals surface area contributed by atoms with Crippen molar-refractivity contribution in [2.45, 2.75) is 203 Å². The summed E-state index contributed by atoms with van der Waals surface area (Å²) in [6.45, 7) is 21.3. The van der Waals surface area contributed by atoms with Crippen LogP contribution in [0.2, 0.25) is 0 Å². The zero-order valence-electron chi connectivity index (χ0n) is 42.8. The number of likely N-dealkylation sites (tertiary alicyclic amines) is 2. The van der Waals surface area contributed by atoms with Gasteiger partial charge >= 0.3 is 0 Å². The first-order valence-corrected chi connectivity index (χ1v) is 27.2. The van der Waals surface area contributed by atoms with Gasteiger partial charge in [-0.05, 0) is 163 Å². The molecular weight excluding hydrogens is 853 g/mol. The molecule has 4 heterocycles. The maximum absolute atomic E-state index is 13.1. The van der Waals surface area contributed by atoms with E-state index in [2.05, 4.69) is 63.5 Å². The Hall–Kier alpha value is -2.60. The highest BCUT2D eigenvalue weighted by molar-refractivity contribution is 5.86. The van der Waals surface area contributed by atoms with Gasteiger partial charge in [-0.15, -0.1) is 0 Å². The molecule has 370 valence electrons. The number of piperidine rings is 2. The maximum atomic E-state index is 13.1. The van der Waals surface area contributed by atoms with Gasteiger partial charge < -0.3 is 39.4 Å². The summed E-state index contributed by atoms with van der Waals surface area (Å²) < 4.78 is 28.8. The predicted molar refractivity (Wildman–Crippen MR) is 259 cm³/mol.